The fourth-order valence-electron chi connectivity index (χ4n) is 2.07. The summed E-state index contributed by atoms with van der Waals surface area (Å²) in [6.07, 6.45) is 2.75. The molecule has 0 bridgehead atoms. The number of aromatic nitrogens is 1. The van der Waals surface area contributed by atoms with Gasteiger partial charge in [0.05, 0.1) is 6.61 Å². The molecule has 0 saturated carbocycles. The Labute approximate surface area is 98.5 Å². The van der Waals surface area contributed by atoms with Gasteiger partial charge in [0.2, 0.25) is 5.76 Å². The minimum absolute atomic E-state index is 0.176. The average molecular weight is 241 g/mol. The molecule has 2 heterocycles. The molecule has 0 radical (unpaired) electrons. The number of aromatic carboxylic acids is 1. The van der Waals surface area contributed by atoms with Gasteiger partial charge in [-0.05, 0) is 19.3 Å². The lowest BCUT2D eigenvalue weighted by atomic mass is 9.91. The number of hydrogen-bond acceptors (Lipinski definition) is 5. The van der Waals surface area contributed by atoms with Crippen LogP contribution >= 0.6 is 0 Å². The Morgan fingerprint density at radius 1 is 1.65 bits per heavy atom. The highest BCUT2D eigenvalue weighted by molar-refractivity contribution is 5.84. The van der Waals surface area contributed by atoms with Crippen LogP contribution in [-0.2, 0) is 15.1 Å². The number of hydrogen-bond donors (Lipinski definition) is 1. The third-order valence-electron chi connectivity index (χ3n) is 2.92. The van der Waals surface area contributed by atoms with Crippen molar-refractivity contribution in [3.05, 3.63) is 17.5 Å². The van der Waals surface area contributed by atoms with Gasteiger partial charge in [-0.2, -0.15) is 0 Å². The molecule has 0 aromatic carbocycles. The van der Waals surface area contributed by atoms with Crippen molar-refractivity contribution in [3.8, 4) is 0 Å². The second-order valence-corrected chi connectivity index (χ2v) is 4.11. The molecule has 1 fully saturated rings. The molecule has 17 heavy (non-hydrogen) atoms. The second kappa shape index (κ2) is 4.85. The highest BCUT2D eigenvalue weighted by Gasteiger charge is 2.39. The molecular weight excluding hydrogens is 226 g/mol. The van der Waals surface area contributed by atoms with Crippen LogP contribution in [0.3, 0.4) is 0 Å². The first kappa shape index (κ1) is 12.1. The zero-order chi connectivity index (χ0) is 12.3. The number of ether oxygens (including phenoxy) is 2. The van der Waals surface area contributed by atoms with Crippen LogP contribution in [0.15, 0.2) is 10.6 Å². The van der Waals surface area contributed by atoms with Crippen molar-refractivity contribution < 1.29 is 23.9 Å². The Bertz CT molecular complexity index is 389. The topological polar surface area (TPSA) is 81.8 Å². The van der Waals surface area contributed by atoms with Gasteiger partial charge in [-0.15, -0.1) is 0 Å². The summed E-state index contributed by atoms with van der Waals surface area (Å²) < 4.78 is 15.7. The van der Waals surface area contributed by atoms with Crippen molar-refractivity contribution in [2.45, 2.75) is 24.9 Å². The SMILES string of the molecule is COCC1(c2cc(C(=O)O)on2)CCCCO1. The van der Waals surface area contributed by atoms with Gasteiger partial charge in [0.15, 0.2) is 0 Å². The lowest BCUT2D eigenvalue weighted by molar-refractivity contribution is -0.125. The van der Waals surface area contributed by atoms with E-state index < -0.39 is 11.6 Å². The van der Waals surface area contributed by atoms with Crippen LogP contribution in [0.5, 0.6) is 0 Å². The van der Waals surface area contributed by atoms with Gasteiger partial charge in [0.1, 0.15) is 11.3 Å². The van der Waals surface area contributed by atoms with E-state index in [0.29, 0.717) is 18.9 Å². The maximum absolute atomic E-state index is 10.8. The summed E-state index contributed by atoms with van der Waals surface area (Å²) in [5.41, 5.74) is -0.166. The third kappa shape index (κ3) is 2.32. The molecule has 0 spiro atoms. The minimum Gasteiger partial charge on any atom is -0.475 e. The number of carboxylic acids is 1. The third-order valence-corrected chi connectivity index (χ3v) is 2.92. The van der Waals surface area contributed by atoms with Gasteiger partial charge in [0, 0.05) is 19.8 Å². The van der Waals surface area contributed by atoms with Gasteiger partial charge >= 0.3 is 5.97 Å². The number of carbonyl (C=O) groups is 1. The van der Waals surface area contributed by atoms with E-state index in [9.17, 15) is 4.79 Å². The quantitative estimate of drug-likeness (QED) is 0.858. The first-order valence-corrected chi connectivity index (χ1v) is 5.51. The summed E-state index contributed by atoms with van der Waals surface area (Å²) in [5.74, 6) is -1.31. The Morgan fingerprint density at radius 3 is 3.00 bits per heavy atom. The zero-order valence-electron chi connectivity index (χ0n) is 9.64. The van der Waals surface area contributed by atoms with E-state index in [2.05, 4.69) is 5.16 Å². The molecule has 6 nitrogen and oxygen atoms in total. The largest absolute Gasteiger partial charge is 0.475 e. The first-order chi connectivity index (χ1) is 8.18. The van der Waals surface area contributed by atoms with Crippen molar-refractivity contribution in [2.24, 2.45) is 0 Å². The normalized spacial score (nSPS) is 24.8. The Hall–Kier alpha value is -1.40. The number of carboxylic acid groups (broad SMARTS) is 1. The standard InChI is InChI=1S/C11H15NO5/c1-15-7-11(4-2-3-5-16-11)9-6-8(10(13)14)17-12-9/h6H,2-5,7H2,1H3,(H,13,14). The molecule has 0 aliphatic carbocycles. The average Bonchev–Trinajstić information content (AvgIpc) is 2.80. The molecular formula is C11H15NO5. The zero-order valence-corrected chi connectivity index (χ0v) is 9.64. The molecule has 1 atom stereocenters. The molecule has 1 aromatic rings. The maximum atomic E-state index is 10.8. The van der Waals surface area contributed by atoms with Gasteiger partial charge < -0.3 is 19.1 Å². The fourth-order valence-corrected chi connectivity index (χ4v) is 2.07. The smallest absolute Gasteiger partial charge is 0.374 e. The summed E-state index contributed by atoms with van der Waals surface area (Å²) in [5, 5.41) is 12.6. The molecule has 2 rings (SSSR count). The first-order valence-electron chi connectivity index (χ1n) is 5.51. The van der Waals surface area contributed by atoms with E-state index in [4.69, 9.17) is 19.1 Å². The highest BCUT2D eigenvalue weighted by Crippen LogP contribution is 2.35. The maximum Gasteiger partial charge on any atom is 0.374 e. The summed E-state index contributed by atoms with van der Waals surface area (Å²) >= 11 is 0. The molecule has 6 heteroatoms. The van der Waals surface area contributed by atoms with E-state index >= 15 is 0 Å². The van der Waals surface area contributed by atoms with Crippen molar-refractivity contribution >= 4 is 5.97 Å². The van der Waals surface area contributed by atoms with Crippen LogP contribution in [0.1, 0.15) is 35.5 Å². The van der Waals surface area contributed by atoms with E-state index in [-0.39, 0.29) is 5.76 Å². The van der Waals surface area contributed by atoms with Crippen molar-refractivity contribution in [1.82, 2.24) is 5.16 Å². The van der Waals surface area contributed by atoms with Crippen molar-refractivity contribution in [3.63, 3.8) is 0 Å². The van der Waals surface area contributed by atoms with E-state index in [1.54, 1.807) is 7.11 Å². The molecule has 0 amide bonds. The lowest BCUT2D eigenvalue weighted by Crippen LogP contribution is -2.38. The van der Waals surface area contributed by atoms with Crippen LogP contribution < -0.4 is 0 Å². The Morgan fingerprint density at radius 2 is 2.47 bits per heavy atom. The lowest BCUT2D eigenvalue weighted by Gasteiger charge is -2.34. The van der Waals surface area contributed by atoms with Crippen LogP contribution in [0, 0.1) is 0 Å². The summed E-state index contributed by atoms with van der Waals surface area (Å²) in [6.45, 7) is 0.969. The monoisotopic (exact) mass is 241 g/mol. The van der Waals surface area contributed by atoms with Gasteiger partial charge in [-0.1, -0.05) is 5.16 Å². The number of rotatable bonds is 4. The van der Waals surface area contributed by atoms with Crippen molar-refractivity contribution in [2.75, 3.05) is 20.3 Å². The Kier molecular flexibility index (Phi) is 3.44. The van der Waals surface area contributed by atoms with E-state index in [1.165, 1.54) is 6.07 Å². The van der Waals surface area contributed by atoms with Gasteiger partial charge in [-0.25, -0.2) is 4.79 Å². The van der Waals surface area contributed by atoms with Crippen molar-refractivity contribution in [1.29, 1.82) is 0 Å². The van der Waals surface area contributed by atoms with Gasteiger partial charge in [-0.3, -0.25) is 0 Å². The Balaban J connectivity index is 2.27. The summed E-state index contributed by atoms with van der Waals surface area (Å²) in [4.78, 5) is 10.8. The molecule has 1 unspecified atom stereocenters. The minimum atomic E-state index is -1.13. The molecule has 1 saturated heterocycles. The summed E-state index contributed by atoms with van der Waals surface area (Å²) in [6, 6.07) is 1.41. The van der Waals surface area contributed by atoms with E-state index in [0.717, 1.165) is 19.3 Å². The van der Waals surface area contributed by atoms with E-state index in [1.807, 2.05) is 0 Å². The molecule has 1 aliphatic heterocycles. The van der Waals surface area contributed by atoms with Crippen LogP contribution in [0.4, 0.5) is 0 Å². The molecule has 1 aliphatic rings. The predicted molar refractivity (Wildman–Crippen MR) is 56.8 cm³/mol. The summed E-state index contributed by atoms with van der Waals surface area (Å²) in [7, 11) is 1.58. The van der Waals surface area contributed by atoms with Crippen LogP contribution in [0.25, 0.3) is 0 Å². The molecule has 94 valence electrons. The highest BCUT2D eigenvalue weighted by atomic mass is 16.5. The van der Waals surface area contributed by atoms with Crippen LogP contribution in [0.2, 0.25) is 0 Å². The van der Waals surface area contributed by atoms with Gasteiger partial charge in [0.25, 0.3) is 0 Å². The molecule has 1 N–H and O–H groups in total. The second-order valence-electron chi connectivity index (χ2n) is 4.11. The fraction of sp³-hybridized carbons (Fsp3) is 0.636. The predicted octanol–water partition coefficient (Wildman–Crippen LogP) is 1.42. The molecule has 1 aromatic heterocycles. The van der Waals surface area contributed by atoms with Crippen LogP contribution in [-0.4, -0.2) is 36.6 Å². The number of nitrogens with zero attached hydrogens (tertiary/aromatic N) is 1. The number of methoxy groups -OCH3 is 1.